The Morgan fingerprint density at radius 3 is 2.11 bits per heavy atom. The highest BCUT2D eigenvalue weighted by Crippen LogP contribution is 2.41. The topological polar surface area (TPSA) is 26.7 Å². The highest BCUT2D eigenvalue weighted by molar-refractivity contribution is 6.42. The molecule has 3 unspecified atom stereocenters. The molecule has 0 amide bonds. The summed E-state index contributed by atoms with van der Waals surface area (Å²) in [6.07, 6.45) is 2.61. The zero-order chi connectivity index (χ0) is 24.4. The van der Waals surface area contributed by atoms with E-state index in [9.17, 15) is 5.11 Å². The average molecular weight is 582 g/mol. The lowest BCUT2D eigenvalue weighted by Crippen LogP contribution is -2.53. The first-order chi connectivity index (χ1) is 16.9. The van der Waals surface area contributed by atoms with Crippen molar-refractivity contribution in [3.8, 4) is 0 Å². The van der Waals surface area contributed by atoms with Gasteiger partial charge in [0.25, 0.3) is 0 Å². The lowest BCUT2D eigenvalue weighted by molar-refractivity contribution is -0.0428. The molecule has 2 fully saturated rings. The van der Waals surface area contributed by atoms with Crippen LogP contribution in [-0.4, -0.2) is 46.6 Å². The molecule has 0 aromatic heterocycles. The predicted octanol–water partition coefficient (Wildman–Crippen LogP) is 7.57. The summed E-state index contributed by atoms with van der Waals surface area (Å²) in [6.45, 7) is 6.13. The fraction of sp³-hybridized carbons (Fsp3) is 0.400. The second kappa shape index (κ2) is 13.2. The number of rotatable bonds is 6. The number of aliphatic hydroxyl groups is 1. The first-order valence-electron chi connectivity index (χ1n) is 12.7. The van der Waals surface area contributed by atoms with E-state index in [1.807, 2.05) is 24.3 Å². The van der Waals surface area contributed by atoms with Gasteiger partial charge in [0.05, 0.1) is 15.6 Å². The number of hydrogen-bond acceptors (Lipinski definition) is 3. The van der Waals surface area contributed by atoms with E-state index in [1.54, 1.807) is 0 Å². The largest absolute Gasteiger partial charge is 0.385 e. The Kier molecular flexibility index (Phi) is 10.8. The number of benzene rings is 3. The van der Waals surface area contributed by atoms with Crippen LogP contribution in [0.15, 0.2) is 78.9 Å². The molecule has 37 heavy (non-hydrogen) atoms. The molecule has 3 atom stereocenters. The Morgan fingerprint density at radius 1 is 0.865 bits per heavy atom. The minimum atomic E-state index is -0.736. The van der Waals surface area contributed by atoms with E-state index in [2.05, 4.69) is 71.3 Å². The molecule has 2 aliphatic rings. The van der Waals surface area contributed by atoms with E-state index in [-0.39, 0.29) is 24.8 Å². The molecule has 2 heterocycles. The summed E-state index contributed by atoms with van der Waals surface area (Å²) in [7, 11) is 0. The van der Waals surface area contributed by atoms with Crippen molar-refractivity contribution in [3.05, 3.63) is 106 Å². The van der Waals surface area contributed by atoms with Crippen molar-refractivity contribution in [2.24, 2.45) is 0 Å². The average Bonchev–Trinajstić information content (AvgIpc) is 3.30. The van der Waals surface area contributed by atoms with Crippen LogP contribution in [0, 0.1) is 0 Å². The molecule has 1 N–H and O–H groups in total. The maximum atomic E-state index is 11.4. The Morgan fingerprint density at radius 2 is 1.49 bits per heavy atom. The molecule has 200 valence electrons. The third-order valence-electron chi connectivity index (χ3n) is 8.17. The second-order valence-electron chi connectivity index (χ2n) is 10.2. The quantitative estimate of drug-likeness (QED) is 0.325. The van der Waals surface area contributed by atoms with Crippen molar-refractivity contribution in [3.63, 3.8) is 0 Å². The molecule has 5 rings (SSSR count). The third-order valence-corrected chi connectivity index (χ3v) is 8.91. The minimum absolute atomic E-state index is 0. The number of hydrogen-bond donors (Lipinski definition) is 1. The number of likely N-dealkylation sites (tertiary alicyclic amines) is 2. The van der Waals surface area contributed by atoms with Gasteiger partial charge in [-0.3, -0.25) is 9.80 Å². The molecule has 0 bridgehead atoms. The van der Waals surface area contributed by atoms with E-state index in [1.165, 1.54) is 11.1 Å². The molecular weight excluding hydrogens is 546 g/mol. The van der Waals surface area contributed by atoms with Crippen LogP contribution in [0.4, 0.5) is 0 Å². The van der Waals surface area contributed by atoms with Crippen LogP contribution >= 0.6 is 48.0 Å². The Hall–Kier alpha value is -1.30. The molecule has 2 aliphatic heterocycles. The van der Waals surface area contributed by atoms with Gasteiger partial charge in [0.15, 0.2) is 0 Å². The van der Waals surface area contributed by atoms with E-state index in [4.69, 9.17) is 23.2 Å². The molecular formula is C30H36Cl4N2O. The van der Waals surface area contributed by atoms with Crippen LogP contribution < -0.4 is 0 Å². The Balaban J connectivity index is 0.00000190. The van der Waals surface area contributed by atoms with Crippen LogP contribution in [-0.2, 0) is 12.1 Å². The van der Waals surface area contributed by atoms with Gasteiger partial charge in [-0.1, -0.05) is 89.9 Å². The molecule has 2 saturated heterocycles. The minimum Gasteiger partial charge on any atom is -0.385 e. The van der Waals surface area contributed by atoms with Gasteiger partial charge in [0.1, 0.15) is 0 Å². The number of nitrogens with zero attached hydrogens (tertiary/aromatic N) is 2. The summed E-state index contributed by atoms with van der Waals surface area (Å²) in [5.74, 6) is 0.387. The van der Waals surface area contributed by atoms with Crippen LogP contribution in [0.5, 0.6) is 0 Å². The molecule has 0 saturated carbocycles. The van der Waals surface area contributed by atoms with Crippen molar-refractivity contribution in [1.82, 2.24) is 9.80 Å². The van der Waals surface area contributed by atoms with Crippen molar-refractivity contribution in [1.29, 1.82) is 0 Å². The monoisotopic (exact) mass is 580 g/mol. The normalized spacial score (nSPS) is 22.6. The first-order valence-corrected chi connectivity index (χ1v) is 13.4. The fourth-order valence-corrected chi connectivity index (χ4v) is 6.49. The van der Waals surface area contributed by atoms with E-state index in [0.29, 0.717) is 28.0 Å². The first kappa shape index (κ1) is 30.2. The van der Waals surface area contributed by atoms with Gasteiger partial charge >= 0.3 is 0 Å². The van der Waals surface area contributed by atoms with Crippen molar-refractivity contribution >= 4 is 48.0 Å². The van der Waals surface area contributed by atoms with Crippen LogP contribution in [0.3, 0.4) is 0 Å². The summed E-state index contributed by atoms with van der Waals surface area (Å²) < 4.78 is 0. The van der Waals surface area contributed by atoms with Gasteiger partial charge in [-0.05, 0) is 61.6 Å². The summed E-state index contributed by atoms with van der Waals surface area (Å²) in [6, 6.07) is 27.7. The number of halogens is 4. The van der Waals surface area contributed by atoms with Gasteiger partial charge < -0.3 is 5.11 Å². The van der Waals surface area contributed by atoms with Gasteiger partial charge in [-0.2, -0.15) is 0 Å². The molecule has 3 aromatic carbocycles. The smallest absolute Gasteiger partial charge is 0.0920 e. The van der Waals surface area contributed by atoms with Gasteiger partial charge in [0.2, 0.25) is 0 Å². The summed E-state index contributed by atoms with van der Waals surface area (Å²) in [5, 5.41) is 12.6. The third kappa shape index (κ3) is 6.65. The summed E-state index contributed by atoms with van der Waals surface area (Å²) in [5.41, 5.74) is 2.91. The van der Waals surface area contributed by atoms with E-state index in [0.717, 1.165) is 51.0 Å². The summed E-state index contributed by atoms with van der Waals surface area (Å²) in [4.78, 5) is 5.22. The highest BCUT2D eigenvalue weighted by atomic mass is 35.5. The van der Waals surface area contributed by atoms with Gasteiger partial charge in [-0.15, -0.1) is 24.8 Å². The van der Waals surface area contributed by atoms with Crippen LogP contribution in [0.25, 0.3) is 0 Å². The maximum absolute atomic E-state index is 11.4. The lowest BCUT2D eigenvalue weighted by Gasteiger charge is -2.45. The molecule has 3 aromatic rings. The molecule has 3 nitrogen and oxygen atoms in total. The van der Waals surface area contributed by atoms with Crippen LogP contribution in [0.2, 0.25) is 10.0 Å². The highest BCUT2D eigenvalue weighted by Gasteiger charge is 2.43. The molecule has 0 radical (unpaired) electrons. The maximum Gasteiger partial charge on any atom is 0.0920 e. The van der Waals surface area contributed by atoms with E-state index >= 15 is 0 Å². The van der Waals surface area contributed by atoms with Crippen molar-refractivity contribution in [2.45, 2.75) is 56.3 Å². The second-order valence-corrected chi connectivity index (χ2v) is 11.0. The Labute approximate surface area is 243 Å². The predicted molar refractivity (Wildman–Crippen MR) is 160 cm³/mol. The molecule has 0 spiro atoms. The molecule has 7 heteroatoms. The van der Waals surface area contributed by atoms with Gasteiger partial charge in [0, 0.05) is 37.6 Å². The SMILES string of the molecule is CC(C1C(c2ccc(Cl)c(Cl)c2)CCN1Cc1ccccc1)N1CCC(O)(c2ccccc2)CC1.Cl.Cl. The summed E-state index contributed by atoms with van der Waals surface area (Å²) >= 11 is 12.7. The standard InChI is InChI=1S/C30H34Cl2N2O.2ClH/c1-22(33-18-15-30(35,16-19-33)25-10-6-3-7-11-25)29-26(24-12-13-27(31)28(32)20-24)14-17-34(29)21-23-8-4-2-5-9-23;;/h2-13,20,22,26,29,35H,14-19,21H2,1H3;2*1H. The van der Waals surface area contributed by atoms with Crippen molar-refractivity contribution < 1.29 is 5.11 Å². The molecule has 0 aliphatic carbocycles. The zero-order valence-electron chi connectivity index (χ0n) is 21.1. The van der Waals surface area contributed by atoms with Crippen LogP contribution in [0.1, 0.15) is 48.8 Å². The zero-order valence-corrected chi connectivity index (χ0v) is 24.2. The van der Waals surface area contributed by atoms with E-state index < -0.39 is 5.60 Å². The lowest BCUT2D eigenvalue weighted by atomic mass is 9.82. The Bertz CT molecular complexity index is 1120. The fourth-order valence-electron chi connectivity index (χ4n) is 6.18. The number of piperidine rings is 1. The van der Waals surface area contributed by atoms with Crippen molar-refractivity contribution in [2.75, 3.05) is 19.6 Å². The van der Waals surface area contributed by atoms with Gasteiger partial charge in [-0.25, -0.2) is 0 Å².